The van der Waals surface area contributed by atoms with Gasteiger partial charge in [-0.15, -0.1) is 0 Å². The van der Waals surface area contributed by atoms with E-state index >= 15 is 0 Å². The van der Waals surface area contributed by atoms with Crippen molar-refractivity contribution in [2.75, 3.05) is 31.5 Å². The average Bonchev–Trinajstić information content (AvgIpc) is 2.90. The number of aryl methyl sites for hydroxylation is 2. The van der Waals surface area contributed by atoms with Gasteiger partial charge in [-0.1, -0.05) is 32.4 Å². The van der Waals surface area contributed by atoms with Crippen molar-refractivity contribution in [1.82, 2.24) is 9.88 Å². The van der Waals surface area contributed by atoms with Gasteiger partial charge < -0.3 is 15.3 Å². The van der Waals surface area contributed by atoms with Crippen molar-refractivity contribution >= 4 is 11.8 Å². The summed E-state index contributed by atoms with van der Waals surface area (Å²) >= 11 is 0. The summed E-state index contributed by atoms with van der Waals surface area (Å²) in [6.07, 6.45) is 4.27. The van der Waals surface area contributed by atoms with Gasteiger partial charge in [-0.2, -0.15) is 0 Å². The molecule has 1 fully saturated rings. The lowest BCUT2D eigenvalue weighted by molar-refractivity contribution is -0.140. The molecule has 1 saturated heterocycles. The molecule has 0 bridgehead atoms. The third-order valence-corrected chi connectivity index (χ3v) is 8.34. The fourth-order valence-electron chi connectivity index (χ4n) is 6.08. The number of carboxylic acids is 1. The van der Waals surface area contributed by atoms with E-state index in [-0.39, 0.29) is 23.0 Å². The first-order chi connectivity index (χ1) is 18.7. The Morgan fingerprint density at radius 2 is 1.92 bits per heavy atom. The van der Waals surface area contributed by atoms with Crippen molar-refractivity contribution in [1.29, 1.82) is 0 Å². The van der Waals surface area contributed by atoms with Gasteiger partial charge in [-0.05, 0) is 111 Å². The maximum atomic E-state index is 14.9. The number of nitrogens with one attached hydrogen (secondary N) is 1. The SMILES string of the molecule is CC(C)c1cc(F)c(CC(F)F)c([C@H](C(=O)O)C2CCN(CCCCCc3ccc4c(n3)NCCC4)CC2)c1. The first-order valence-corrected chi connectivity index (χ1v) is 14.5. The van der Waals surface area contributed by atoms with E-state index in [1.54, 1.807) is 6.07 Å². The molecule has 1 aromatic heterocycles. The zero-order valence-corrected chi connectivity index (χ0v) is 23.2. The molecule has 0 saturated carbocycles. The summed E-state index contributed by atoms with van der Waals surface area (Å²) < 4.78 is 41.5. The van der Waals surface area contributed by atoms with Crippen LogP contribution in [0.5, 0.6) is 0 Å². The van der Waals surface area contributed by atoms with Gasteiger partial charge in [0.1, 0.15) is 11.6 Å². The molecule has 0 radical (unpaired) electrons. The molecular formula is C31H42F3N3O2. The summed E-state index contributed by atoms with van der Waals surface area (Å²) in [6.45, 7) is 7.26. The van der Waals surface area contributed by atoms with Crippen molar-refractivity contribution in [2.24, 2.45) is 5.92 Å². The molecule has 2 N–H and O–H groups in total. The summed E-state index contributed by atoms with van der Waals surface area (Å²) in [4.78, 5) is 19.6. The summed E-state index contributed by atoms with van der Waals surface area (Å²) in [5, 5.41) is 13.5. The fraction of sp³-hybridized carbons (Fsp3) is 0.613. The second kappa shape index (κ2) is 13.6. The number of aromatic nitrogens is 1. The number of piperidine rings is 1. The number of fused-ring (bicyclic) bond motifs is 1. The summed E-state index contributed by atoms with van der Waals surface area (Å²) in [5.41, 5.74) is 3.17. The quantitative estimate of drug-likeness (QED) is 0.287. The van der Waals surface area contributed by atoms with Crippen molar-refractivity contribution in [3.63, 3.8) is 0 Å². The Morgan fingerprint density at radius 1 is 1.15 bits per heavy atom. The number of anilines is 1. The van der Waals surface area contributed by atoms with Crippen LogP contribution in [0.1, 0.15) is 92.2 Å². The summed E-state index contributed by atoms with van der Waals surface area (Å²) in [5.74, 6) is -1.96. The minimum atomic E-state index is -2.74. The molecule has 4 rings (SSSR count). The predicted molar refractivity (Wildman–Crippen MR) is 148 cm³/mol. The Kier molecular flexibility index (Phi) is 10.3. The van der Waals surface area contributed by atoms with Gasteiger partial charge in [-0.3, -0.25) is 4.79 Å². The van der Waals surface area contributed by atoms with Crippen LogP contribution in [0, 0.1) is 11.7 Å². The van der Waals surface area contributed by atoms with Crippen LogP contribution in [0.3, 0.4) is 0 Å². The number of halogens is 3. The van der Waals surface area contributed by atoms with Crippen LogP contribution in [-0.4, -0.2) is 53.6 Å². The molecule has 2 aliphatic heterocycles. The highest BCUT2D eigenvalue weighted by molar-refractivity contribution is 5.77. The molecule has 0 unspecified atom stereocenters. The van der Waals surface area contributed by atoms with E-state index in [2.05, 4.69) is 22.3 Å². The van der Waals surface area contributed by atoms with E-state index in [1.807, 2.05) is 13.8 Å². The Bertz CT molecular complexity index is 1120. The highest BCUT2D eigenvalue weighted by atomic mass is 19.3. The van der Waals surface area contributed by atoms with Gasteiger partial charge in [0, 0.05) is 18.7 Å². The number of carbonyl (C=O) groups is 1. The number of unbranched alkanes of at least 4 members (excludes halogenated alkanes) is 2. The Hall–Kier alpha value is -2.61. The molecule has 8 heteroatoms. The standard InChI is InChI=1S/C31H42F3N3O2/c1-20(2)23-17-26(25(19-28(33)34)27(32)18-23)29(31(38)39)21-11-15-37(16-12-21)14-5-3-4-8-24-10-9-22-7-6-13-35-30(22)36-24/h9-10,17-18,20-21,28-29H,3-8,11-16,19H2,1-2H3,(H,35,36)(H,38,39)/t29-/m1/s1. The van der Waals surface area contributed by atoms with Crippen molar-refractivity contribution in [3.8, 4) is 0 Å². The van der Waals surface area contributed by atoms with E-state index in [0.717, 1.165) is 76.2 Å². The Morgan fingerprint density at radius 3 is 2.62 bits per heavy atom. The maximum absolute atomic E-state index is 14.9. The van der Waals surface area contributed by atoms with Crippen LogP contribution in [0.15, 0.2) is 24.3 Å². The third kappa shape index (κ3) is 7.74. The highest BCUT2D eigenvalue weighted by Gasteiger charge is 2.35. The topological polar surface area (TPSA) is 65.5 Å². The Labute approximate surface area is 230 Å². The zero-order chi connectivity index (χ0) is 27.9. The van der Waals surface area contributed by atoms with Crippen LogP contribution in [0.2, 0.25) is 0 Å². The molecule has 5 nitrogen and oxygen atoms in total. The molecule has 3 heterocycles. The maximum Gasteiger partial charge on any atom is 0.311 e. The second-order valence-corrected chi connectivity index (χ2v) is 11.5. The number of aliphatic carboxylic acids is 1. The number of likely N-dealkylation sites (tertiary alicyclic amines) is 1. The smallest absolute Gasteiger partial charge is 0.311 e. The van der Waals surface area contributed by atoms with Crippen LogP contribution in [0.25, 0.3) is 0 Å². The number of hydrogen-bond donors (Lipinski definition) is 2. The van der Waals surface area contributed by atoms with Crippen molar-refractivity contribution < 1.29 is 23.1 Å². The van der Waals surface area contributed by atoms with Gasteiger partial charge in [0.25, 0.3) is 0 Å². The first-order valence-electron chi connectivity index (χ1n) is 14.5. The number of benzene rings is 1. The molecule has 214 valence electrons. The van der Waals surface area contributed by atoms with Gasteiger partial charge in [0.15, 0.2) is 0 Å². The summed E-state index contributed by atoms with van der Waals surface area (Å²) in [6, 6.07) is 7.28. The Balaban J connectivity index is 1.29. The molecule has 0 aliphatic carbocycles. The molecule has 1 atom stereocenters. The van der Waals surface area contributed by atoms with Crippen LogP contribution in [0.4, 0.5) is 19.0 Å². The molecule has 1 aromatic carbocycles. The van der Waals surface area contributed by atoms with Gasteiger partial charge >= 0.3 is 5.97 Å². The lowest BCUT2D eigenvalue weighted by atomic mass is 9.77. The van der Waals surface area contributed by atoms with E-state index in [0.29, 0.717) is 18.4 Å². The van der Waals surface area contributed by atoms with E-state index in [4.69, 9.17) is 4.98 Å². The third-order valence-electron chi connectivity index (χ3n) is 8.34. The average molecular weight is 546 g/mol. The van der Waals surface area contributed by atoms with Gasteiger partial charge in [-0.25, -0.2) is 18.2 Å². The number of rotatable bonds is 12. The number of hydrogen-bond acceptors (Lipinski definition) is 4. The fourth-order valence-corrected chi connectivity index (χ4v) is 6.08. The monoisotopic (exact) mass is 545 g/mol. The van der Waals surface area contributed by atoms with Gasteiger partial charge in [0.2, 0.25) is 6.43 Å². The zero-order valence-electron chi connectivity index (χ0n) is 23.2. The van der Waals surface area contributed by atoms with Crippen LogP contribution in [-0.2, 0) is 24.1 Å². The molecule has 39 heavy (non-hydrogen) atoms. The number of pyridine rings is 1. The minimum Gasteiger partial charge on any atom is -0.481 e. The molecule has 0 spiro atoms. The number of carboxylic acid groups (broad SMARTS) is 1. The highest BCUT2D eigenvalue weighted by Crippen LogP contribution is 2.38. The minimum absolute atomic E-state index is 0.0326. The summed E-state index contributed by atoms with van der Waals surface area (Å²) in [7, 11) is 0. The van der Waals surface area contributed by atoms with E-state index < -0.39 is 30.6 Å². The molecule has 2 aliphatic rings. The second-order valence-electron chi connectivity index (χ2n) is 11.5. The van der Waals surface area contributed by atoms with E-state index in [9.17, 15) is 23.1 Å². The number of alkyl halides is 2. The van der Waals surface area contributed by atoms with Crippen molar-refractivity contribution in [3.05, 3.63) is 58.0 Å². The van der Waals surface area contributed by atoms with E-state index in [1.165, 1.54) is 11.6 Å². The largest absolute Gasteiger partial charge is 0.481 e. The molecule has 0 amide bonds. The first kappa shape index (κ1) is 29.4. The van der Waals surface area contributed by atoms with Gasteiger partial charge in [0.05, 0.1) is 5.92 Å². The molecular weight excluding hydrogens is 503 g/mol. The predicted octanol–water partition coefficient (Wildman–Crippen LogP) is 6.80. The van der Waals surface area contributed by atoms with Crippen LogP contribution >= 0.6 is 0 Å². The lowest BCUT2D eigenvalue weighted by Crippen LogP contribution is -2.38. The van der Waals surface area contributed by atoms with Crippen LogP contribution < -0.4 is 5.32 Å². The normalized spacial score (nSPS) is 17.3. The number of nitrogens with zero attached hydrogens (tertiary/aromatic N) is 2. The lowest BCUT2D eigenvalue weighted by Gasteiger charge is -2.35. The molecule has 2 aromatic rings. The van der Waals surface area contributed by atoms with Crippen molar-refractivity contribution in [2.45, 2.75) is 89.9 Å².